The van der Waals surface area contributed by atoms with Gasteiger partial charge in [0.25, 0.3) is 0 Å². The molecule has 2 heterocycles. The first-order valence-electron chi connectivity index (χ1n) is 7.50. The molecule has 2 aliphatic rings. The zero-order chi connectivity index (χ0) is 14.8. The van der Waals surface area contributed by atoms with Gasteiger partial charge in [0.05, 0.1) is 18.6 Å². The molecule has 0 aromatic heterocycles. The minimum atomic E-state index is -0.380. The molecule has 2 atom stereocenters. The smallest absolute Gasteiger partial charge is 0.227 e. The van der Waals surface area contributed by atoms with E-state index in [-0.39, 0.29) is 30.3 Å². The van der Waals surface area contributed by atoms with Crippen molar-refractivity contribution in [2.75, 3.05) is 13.2 Å². The van der Waals surface area contributed by atoms with Crippen molar-refractivity contribution >= 4 is 17.5 Å². The standard InChI is InChI=1S/C16H19ClFNO2/c17-13-10-12(18)6-5-11(13)9-16(20)19-7-1-3-14(19)15-4-2-8-21-15/h5-6,10,14-15H,1-4,7-9H2/t14-,15+/m1/s1. The quantitative estimate of drug-likeness (QED) is 0.858. The van der Waals surface area contributed by atoms with Gasteiger partial charge < -0.3 is 9.64 Å². The Hall–Kier alpha value is -1.13. The normalized spacial score (nSPS) is 25.5. The molecule has 0 saturated carbocycles. The molecule has 2 saturated heterocycles. The summed E-state index contributed by atoms with van der Waals surface area (Å²) in [6, 6.07) is 4.38. The van der Waals surface area contributed by atoms with Crippen molar-refractivity contribution in [1.82, 2.24) is 4.90 Å². The summed E-state index contributed by atoms with van der Waals surface area (Å²) in [6.45, 7) is 1.58. The first-order chi connectivity index (χ1) is 10.1. The third-order valence-corrected chi connectivity index (χ3v) is 4.72. The molecule has 21 heavy (non-hydrogen) atoms. The molecule has 1 aromatic rings. The van der Waals surface area contributed by atoms with Crippen LogP contribution in [-0.2, 0) is 16.0 Å². The van der Waals surface area contributed by atoms with Crippen LogP contribution in [0.2, 0.25) is 5.02 Å². The maximum atomic E-state index is 13.1. The van der Waals surface area contributed by atoms with Gasteiger partial charge in [-0.1, -0.05) is 17.7 Å². The summed E-state index contributed by atoms with van der Waals surface area (Å²) in [5.74, 6) is -0.323. The van der Waals surface area contributed by atoms with E-state index in [9.17, 15) is 9.18 Å². The Morgan fingerprint density at radius 3 is 2.95 bits per heavy atom. The van der Waals surface area contributed by atoms with Crippen molar-refractivity contribution in [2.24, 2.45) is 0 Å². The Bertz CT molecular complexity index is 531. The van der Waals surface area contributed by atoms with Crippen molar-refractivity contribution in [1.29, 1.82) is 0 Å². The second-order valence-corrected chi connectivity index (χ2v) is 6.17. The van der Waals surface area contributed by atoms with Crippen LogP contribution in [0.5, 0.6) is 0 Å². The molecule has 0 aliphatic carbocycles. The number of carbonyl (C=O) groups excluding carboxylic acids is 1. The third kappa shape index (κ3) is 3.22. The maximum Gasteiger partial charge on any atom is 0.227 e. The maximum absolute atomic E-state index is 13.1. The summed E-state index contributed by atoms with van der Waals surface area (Å²) in [5.41, 5.74) is 0.682. The summed E-state index contributed by atoms with van der Waals surface area (Å²) in [5, 5.41) is 0.316. The zero-order valence-corrected chi connectivity index (χ0v) is 12.6. The lowest BCUT2D eigenvalue weighted by molar-refractivity contribution is -0.133. The number of hydrogen-bond donors (Lipinski definition) is 0. The number of benzene rings is 1. The van der Waals surface area contributed by atoms with E-state index in [2.05, 4.69) is 0 Å². The monoisotopic (exact) mass is 311 g/mol. The van der Waals surface area contributed by atoms with Crippen LogP contribution in [0, 0.1) is 5.82 Å². The summed E-state index contributed by atoms with van der Waals surface area (Å²) < 4.78 is 18.8. The molecule has 5 heteroatoms. The van der Waals surface area contributed by atoms with Crippen LogP contribution in [0.4, 0.5) is 4.39 Å². The van der Waals surface area contributed by atoms with Gasteiger partial charge in [-0.15, -0.1) is 0 Å². The van der Waals surface area contributed by atoms with E-state index in [1.165, 1.54) is 12.1 Å². The van der Waals surface area contributed by atoms with Gasteiger partial charge >= 0.3 is 0 Å². The van der Waals surface area contributed by atoms with Gasteiger partial charge in [0, 0.05) is 18.2 Å². The van der Waals surface area contributed by atoms with E-state index in [1.807, 2.05) is 4.90 Å². The molecular weight excluding hydrogens is 293 g/mol. The fourth-order valence-corrected chi connectivity index (χ4v) is 3.56. The summed E-state index contributed by atoms with van der Waals surface area (Å²) in [7, 11) is 0. The SMILES string of the molecule is O=C(Cc1ccc(F)cc1Cl)N1CCC[C@@H]1[C@@H]1CCCO1. The van der Waals surface area contributed by atoms with Crippen molar-refractivity contribution in [2.45, 2.75) is 44.2 Å². The van der Waals surface area contributed by atoms with Crippen LogP contribution >= 0.6 is 11.6 Å². The Morgan fingerprint density at radius 1 is 1.38 bits per heavy atom. The van der Waals surface area contributed by atoms with Crippen molar-refractivity contribution in [3.05, 3.63) is 34.6 Å². The second kappa shape index (κ2) is 6.32. The largest absolute Gasteiger partial charge is 0.376 e. The number of carbonyl (C=O) groups is 1. The van der Waals surface area contributed by atoms with Gasteiger partial charge in [0.15, 0.2) is 0 Å². The average Bonchev–Trinajstić information content (AvgIpc) is 3.10. The van der Waals surface area contributed by atoms with Crippen molar-refractivity contribution < 1.29 is 13.9 Å². The number of rotatable bonds is 3. The molecule has 114 valence electrons. The van der Waals surface area contributed by atoms with Crippen molar-refractivity contribution in [3.8, 4) is 0 Å². The lowest BCUT2D eigenvalue weighted by Crippen LogP contribution is -2.43. The molecule has 1 aromatic carbocycles. The molecule has 3 rings (SSSR count). The highest BCUT2D eigenvalue weighted by molar-refractivity contribution is 6.31. The molecular formula is C16H19ClFNO2. The van der Waals surface area contributed by atoms with Crippen LogP contribution in [0.3, 0.4) is 0 Å². The second-order valence-electron chi connectivity index (χ2n) is 5.76. The van der Waals surface area contributed by atoms with E-state index in [0.29, 0.717) is 10.6 Å². The van der Waals surface area contributed by atoms with Gasteiger partial charge in [-0.25, -0.2) is 4.39 Å². The van der Waals surface area contributed by atoms with E-state index in [4.69, 9.17) is 16.3 Å². The minimum Gasteiger partial charge on any atom is -0.376 e. The Balaban J connectivity index is 1.69. The highest BCUT2D eigenvalue weighted by Crippen LogP contribution is 2.29. The van der Waals surface area contributed by atoms with E-state index in [1.54, 1.807) is 6.07 Å². The van der Waals surface area contributed by atoms with Crippen LogP contribution in [-0.4, -0.2) is 36.1 Å². The zero-order valence-electron chi connectivity index (χ0n) is 11.9. The lowest BCUT2D eigenvalue weighted by atomic mass is 10.0. The van der Waals surface area contributed by atoms with E-state index < -0.39 is 0 Å². The number of ether oxygens (including phenoxy) is 1. The van der Waals surface area contributed by atoms with Crippen LogP contribution in [0.1, 0.15) is 31.2 Å². The Morgan fingerprint density at radius 2 is 2.24 bits per heavy atom. The van der Waals surface area contributed by atoms with Crippen molar-refractivity contribution in [3.63, 3.8) is 0 Å². The number of nitrogens with zero attached hydrogens (tertiary/aromatic N) is 1. The van der Waals surface area contributed by atoms with Gasteiger partial charge in [-0.2, -0.15) is 0 Å². The first-order valence-corrected chi connectivity index (χ1v) is 7.88. The lowest BCUT2D eigenvalue weighted by Gasteiger charge is -2.29. The highest BCUT2D eigenvalue weighted by Gasteiger charge is 2.36. The average molecular weight is 312 g/mol. The minimum absolute atomic E-state index is 0.0570. The predicted molar refractivity (Wildman–Crippen MR) is 78.8 cm³/mol. The molecule has 0 spiro atoms. The summed E-state index contributed by atoms with van der Waals surface area (Å²) >= 11 is 6.01. The molecule has 0 unspecified atom stereocenters. The van der Waals surface area contributed by atoms with Gasteiger partial charge in [0.2, 0.25) is 5.91 Å². The number of likely N-dealkylation sites (tertiary alicyclic amines) is 1. The fraction of sp³-hybridized carbons (Fsp3) is 0.562. The number of hydrogen-bond acceptors (Lipinski definition) is 2. The molecule has 2 aliphatic heterocycles. The first kappa shape index (κ1) is 14.8. The van der Waals surface area contributed by atoms with Crippen LogP contribution in [0.25, 0.3) is 0 Å². The Labute approximate surface area is 129 Å². The highest BCUT2D eigenvalue weighted by atomic mass is 35.5. The van der Waals surface area contributed by atoms with Gasteiger partial charge in [-0.3, -0.25) is 4.79 Å². The molecule has 2 fully saturated rings. The third-order valence-electron chi connectivity index (χ3n) is 4.37. The molecule has 0 radical (unpaired) electrons. The van der Waals surface area contributed by atoms with Gasteiger partial charge in [0.1, 0.15) is 5.82 Å². The predicted octanol–water partition coefficient (Wildman–Crippen LogP) is 3.19. The molecule has 0 bridgehead atoms. The fourth-order valence-electron chi connectivity index (χ4n) is 3.32. The van der Waals surface area contributed by atoms with E-state index in [0.717, 1.165) is 38.8 Å². The molecule has 0 N–H and O–H groups in total. The molecule has 3 nitrogen and oxygen atoms in total. The van der Waals surface area contributed by atoms with Gasteiger partial charge in [-0.05, 0) is 43.4 Å². The summed E-state index contributed by atoms with van der Waals surface area (Å²) in [4.78, 5) is 14.5. The van der Waals surface area contributed by atoms with Crippen LogP contribution < -0.4 is 0 Å². The Kier molecular flexibility index (Phi) is 4.45. The topological polar surface area (TPSA) is 29.5 Å². The number of halogens is 2. The summed E-state index contributed by atoms with van der Waals surface area (Å²) in [6.07, 6.45) is 4.54. The number of amides is 1. The van der Waals surface area contributed by atoms with E-state index >= 15 is 0 Å². The van der Waals surface area contributed by atoms with Crippen LogP contribution in [0.15, 0.2) is 18.2 Å². The molecule has 1 amide bonds.